The summed E-state index contributed by atoms with van der Waals surface area (Å²) >= 11 is 0. The monoisotopic (exact) mass is 279 g/mol. The van der Waals surface area contributed by atoms with Crippen molar-refractivity contribution in [1.82, 2.24) is 0 Å². The lowest BCUT2D eigenvalue weighted by molar-refractivity contribution is 0.233. The fraction of sp³-hybridized carbons (Fsp3) is 1.00. The summed E-state index contributed by atoms with van der Waals surface area (Å²) in [6.07, 6.45) is 10.4. The molecule has 0 radical (unpaired) electrons. The van der Waals surface area contributed by atoms with Crippen LogP contribution in [0.15, 0.2) is 0 Å². The third kappa shape index (κ3) is 12.3. The van der Waals surface area contributed by atoms with Crippen LogP contribution in [0.25, 0.3) is 0 Å². The van der Waals surface area contributed by atoms with E-state index in [4.69, 9.17) is 0 Å². The van der Waals surface area contributed by atoms with Crippen LogP contribution < -0.4 is 0 Å². The zero-order valence-corrected chi connectivity index (χ0v) is 12.5. The summed E-state index contributed by atoms with van der Waals surface area (Å²) in [5.41, 5.74) is 0. The molecule has 0 aliphatic rings. The Labute approximate surface area is 112 Å². The van der Waals surface area contributed by atoms with E-state index < -0.39 is 10.4 Å². The molecule has 0 amide bonds. The third-order valence-electron chi connectivity index (χ3n) is 3.30. The maximum absolute atomic E-state index is 10.3. The smallest absolute Gasteiger partial charge is 0.217 e. The lowest BCUT2D eigenvalue weighted by Crippen LogP contribution is -2.09. The van der Waals surface area contributed by atoms with Gasteiger partial charge in [-0.3, -0.25) is 4.18 Å². The molecular formula is C13H27O4S-. The highest BCUT2D eigenvalue weighted by molar-refractivity contribution is 7.80. The predicted molar refractivity (Wildman–Crippen MR) is 72.0 cm³/mol. The van der Waals surface area contributed by atoms with Crippen molar-refractivity contribution < 1.29 is 17.2 Å². The third-order valence-corrected chi connectivity index (χ3v) is 3.75. The van der Waals surface area contributed by atoms with Gasteiger partial charge in [-0.2, -0.15) is 0 Å². The summed E-state index contributed by atoms with van der Waals surface area (Å²) in [5, 5.41) is 0. The normalized spacial score (nSPS) is 13.7. The van der Waals surface area contributed by atoms with Gasteiger partial charge in [0.2, 0.25) is 10.4 Å². The fourth-order valence-corrected chi connectivity index (χ4v) is 2.38. The zero-order chi connectivity index (χ0) is 13.9. The van der Waals surface area contributed by atoms with Crippen LogP contribution in [0.1, 0.15) is 71.6 Å². The van der Waals surface area contributed by atoms with Gasteiger partial charge in [0.1, 0.15) is 0 Å². The van der Waals surface area contributed by atoms with Crippen molar-refractivity contribution in [2.45, 2.75) is 71.6 Å². The lowest BCUT2D eigenvalue weighted by Gasteiger charge is -2.15. The summed E-state index contributed by atoms with van der Waals surface area (Å²) in [7, 11) is -4.51. The molecule has 0 saturated carbocycles. The first-order valence-electron chi connectivity index (χ1n) is 7.09. The highest BCUT2D eigenvalue weighted by Gasteiger charge is 2.07. The topological polar surface area (TPSA) is 66.4 Å². The van der Waals surface area contributed by atoms with E-state index >= 15 is 0 Å². The summed E-state index contributed by atoms with van der Waals surface area (Å²) < 4.78 is 35.1. The van der Waals surface area contributed by atoms with Gasteiger partial charge in [0.15, 0.2) is 0 Å². The summed E-state index contributed by atoms with van der Waals surface area (Å²) in [6, 6.07) is 0. The van der Waals surface area contributed by atoms with Crippen LogP contribution in [0, 0.1) is 5.92 Å². The van der Waals surface area contributed by atoms with Gasteiger partial charge in [-0.25, -0.2) is 8.42 Å². The molecular weight excluding hydrogens is 252 g/mol. The second-order valence-corrected chi connectivity index (χ2v) is 5.90. The first kappa shape index (κ1) is 17.9. The molecule has 0 rings (SSSR count). The molecule has 0 saturated heterocycles. The molecule has 0 aromatic rings. The average Bonchev–Trinajstić information content (AvgIpc) is 2.29. The second-order valence-electron chi connectivity index (χ2n) is 4.85. The van der Waals surface area contributed by atoms with E-state index in [9.17, 15) is 13.0 Å². The molecule has 0 N–H and O–H groups in total. The van der Waals surface area contributed by atoms with Crippen LogP contribution in [0.2, 0.25) is 0 Å². The van der Waals surface area contributed by atoms with Crippen molar-refractivity contribution in [2.75, 3.05) is 6.61 Å². The largest absolute Gasteiger partial charge is 0.726 e. The first-order valence-corrected chi connectivity index (χ1v) is 8.43. The van der Waals surface area contributed by atoms with Gasteiger partial charge >= 0.3 is 0 Å². The molecule has 4 nitrogen and oxygen atoms in total. The Balaban J connectivity index is 3.52. The number of unbranched alkanes of at least 4 members (excludes halogenated alkanes) is 5. The molecule has 0 fully saturated rings. The Morgan fingerprint density at radius 3 is 2.17 bits per heavy atom. The molecule has 1 unspecified atom stereocenters. The van der Waals surface area contributed by atoms with Crippen LogP contribution in [0.3, 0.4) is 0 Å². The lowest BCUT2D eigenvalue weighted by atomic mass is 9.95. The van der Waals surface area contributed by atoms with E-state index in [1.165, 1.54) is 38.5 Å². The molecule has 0 aromatic carbocycles. The Morgan fingerprint density at radius 2 is 1.61 bits per heavy atom. The molecule has 0 heterocycles. The van der Waals surface area contributed by atoms with Crippen molar-refractivity contribution in [3.05, 3.63) is 0 Å². The van der Waals surface area contributed by atoms with Crippen LogP contribution in [-0.4, -0.2) is 19.6 Å². The van der Waals surface area contributed by atoms with E-state index in [0.717, 1.165) is 12.8 Å². The van der Waals surface area contributed by atoms with Crippen molar-refractivity contribution in [2.24, 2.45) is 5.92 Å². The minimum atomic E-state index is -4.51. The van der Waals surface area contributed by atoms with E-state index in [2.05, 4.69) is 18.0 Å². The van der Waals surface area contributed by atoms with Gasteiger partial charge in [-0.15, -0.1) is 0 Å². The van der Waals surface area contributed by atoms with Crippen molar-refractivity contribution in [3.63, 3.8) is 0 Å². The van der Waals surface area contributed by atoms with Gasteiger partial charge in [0.25, 0.3) is 0 Å². The SMILES string of the molecule is CCCCCCCCC(CC)CCOS(=O)(=O)[O-]. The Hall–Kier alpha value is -0.130. The van der Waals surface area contributed by atoms with Crippen LogP contribution >= 0.6 is 0 Å². The van der Waals surface area contributed by atoms with Gasteiger partial charge in [0, 0.05) is 0 Å². The average molecular weight is 279 g/mol. The second kappa shape index (κ2) is 10.8. The minimum Gasteiger partial charge on any atom is -0.726 e. The maximum atomic E-state index is 10.3. The Bertz CT molecular complexity index is 275. The summed E-state index contributed by atoms with van der Waals surface area (Å²) in [4.78, 5) is 0. The minimum absolute atomic E-state index is 0.0280. The van der Waals surface area contributed by atoms with Crippen molar-refractivity contribution >= 4 is 10.4 Å². The molecule has 110 valence electrons. The fourth-order valence-electron chi connectivity index (χ4n) is 2.08. The molecule has 5 heteroatoms. The zero-order valence-electron chi connectivity index (χ0n) is 11.7. The van der Waals surface area contributed by atoms with Crippen LogP contribution in [0.4, 0.5) is 0 Å². The molecule has 0 aliphatic heterocycles. The molecule has 0 aromatic heterocycles. The predicted octanol–water partition coefficient (Wildman–Crippen LogP) is 3.63. The highest BCUT2D eigenvalue weighted by atomic mass is 32.3. The van der Waals surface area contributed by atoms with Crippen LogP contribution in [0.5, 0.6) is 0 Å². The Kier molecular flexibility index (Phi) is 10.7. The molecule has 0 spiro atoms. The van der Waals surface area contributed by atoms with E-state index in [1.807, 2.05) is 0 Å². The van der Waals surface area contributed by atoms with E-state index in [0.29, 0.717) is 12.3 Å². The quantitative estimate of drug-likeness (QED) is 0.311. The highest BCUT2D eigenvalue weighted by Crippen LogP contribution is 2.18. The Morgan fingerprint density at radius 1 is 1.00 bits per heavy atom. The van der Waals surface area contributed by atoms with Gasteiger partial charge in [-0.1, -0.05) is 65.2 Å². The summed E-state index contributed by atoms with van der Waals surface area (Å²) in [5.74, 6) is 0.470. The number of hydrogen-bond donors (Lipinski definition) is 0. The van der Waals surface area contributed by atoms with E-state index in [-0.39, 0.29) is 6.61 Å². The first-order chi connectivity index (χ1) is 8.49. The molecule has 0 aliphatic carbocycles. The number of hydrogen-bond acceptors (Lipinski definition) is 4. The molecule has 1 atom stereocenters. The van der Waals surface area contributed by atoms with Gasteiger partial charge < -0.3 is 4.55 Å². The van der Waals surface area contributed by atoms with Gasteiger partial charge in [0.05, 0.1) is 6.61 Å². The maximum Gasteiger partial charge on any atom is 0.217 e. The van der Waals surface area contributed by atoms with Gasteiger partial charge in [-0.05, 0) is 12.3 Å². The van der Waals surface area contributed by atoms with Crippen molar-refractivity contribution in [3.8, 4) is 0 Å². The van der Waals surface area contributed by atoms with E-state index in [1.54, 1.807) is 0 Å². The molecule has 18 heavy (non-hydrogen) atoms. The standard InChI is InChI=1S/C13H28O4S/c1-3-5-6-7-8-9-10-13(4-2)11-12-17-18(14,15)16/h13H,3-12H2,1-2H3,(H,14,15,16)/p-1. The van der Waals surface area contributed by atoms with Crippen molar-refractivity contribution in [1.29, 1.82) is 0 Å². The van der Waals surface area contributed by atoms with Crippen LogP contribution in [-0.2, 0) is 14.6 Å². The number of rotatable bonds is 12. The molecule has 0 bridgehead atoms. The summed E-state index contributed by atoms with van der Waals surface area (Å²) in [6.45, 7) is 4.32.